The highest BCUT2D eigenvalue weighted by Gasteiger charge is 2.38. The van der Waals surface area contributed by atoms with Crippen molar-refractivity contribution < 1.29 is 18.0 Å². The number of anilines is 1. The Morgan fingerprint density at radius 3 is 2.50 bits per heavy atom. The van der Waals surface area contributed by atoms with Gasteiger partial charge in [0.05, 0.1) is 0 Å². The van der Waals surface area contributed by atoms with Crippen molar-refractivity contribution in [2.45, 2.75) is 13.1 Å². The zero-order valence-corrected chi connectivity index (χ0v) is 14.1. The van der Waals surface area contributed by atoms with Crippen molar-refractivity contribution in [3.63, 3.8) is 0 Å². The number of carbonyl (C=O) groups excluding carboxylic acids is 1. The molecule has 3 nitrogen and oxygen atoms in total. The van der Waals surface area contributed by atoms with Gasteiger partial charge in [-0.2, -0.15) is 13.2 Å². The van der Waals surface area contributed by atoms with Crippen molar-refractivity contribution in [2.75, 3.05) is 5.32 Å². The van der Waals surface area contributed by atoms with Crippen LogP contribution in [0, 0.1) is 6.92 Å². The first kappa shape index (κ1) is 16.6. The lowest BCUT2D eigenvalue weighted by molar-refractivity contribution is -0.167. The minimum absolute atomic E-state index is 0.146. The van der Waals surface area contributed by atoms with Crippen molar-refractivity contribution >= 4 is 33.0 Å². The van der Waals surface area contributed by atoms with Crippen LogP contribution in [0.3, 0.4) is 0 Å². The number of carbonyl (C=O) groups is 1. The minimum Gasteiger partial charge on any atom is -0.322 e. The fourth-order valence-corrected chi connectivity index (χ4v) is 2.77. The molecule has 24 heavy (non-hydrogen) atoms. The van der Waals surface area contributed by atoms with Gasteiger partial charge in [0.1, 0.15) is 0 Å². The molecule has 3 rings (SSSR count). The maximum absolute atomic E-state index is 12.3. The minimum atomic E-state index is -4.90. The van der Waals surface area contributed by atoms with Gasteiger partial charge in [-0.3, -0.25) is 4.79 Å². The molecular formula is C17H12BrF3N2O. The van der Waals surface area contributed by atoms with Crippen LogP contribution in [-0.4, -0.2) is 16.5 Å². The summed E-state index contributed by atoms with van der Waals surface area (Å²) in [7, 11) is 0. The Balaban J connectivity index is 1.92. The van der Waals surface area contributed by atoms with E-state index in [0.29, 0.717) is 5.56 Å². The molecule has 1 N–H and O–H groups in total. The molecule has 7 heteroatoms. The standard InChI is InChI=1S/C17H12BrF3N2O/c1-10-6-11(2-5-15(10)22-16(24)17(19,20)21)12-7-14-4-3-13(18)9-23(14)8-12/h2-9H,1H3,(H,22,24). The molecule has 124 valence electrons. The second-order valence-electron chi connectivity index (χ2n) is 5.39. The molecule has 0 atom stereocenters. The molecule has 2 heterocycles. The maximum Gasteiger partial charge on any atom is 0.471 e. The number of nitrogens with zero attached hydrogens (tertiary/aromatic N) is 1. The first-order valence-corrected chi connectivity index (χ1v) is 7.80. The van der Waals surface area contributed by atoms with Crippen LogP contribution in [0.1, 0.15) is 5.56 Å². The van der Waals surface area contributed by atoms with Crippen molar-refractivity contribution in [3.05, 3.63) is 58.8 Å². The molecule has 1 amide bonds. The van der Waals surface area contributed by atoms with E-state index in [1.807, 2.05) is 40.3 Å². The number of alkyl halides is 3. The van der Waals surface area contributed by atoms with Crippen LogP contribution >= 0.6 is 15.9 Å². The molecular weight excluding hydrogens is 385 g/mol. The number of amides is 1. The molecule has 0 fully saturated rings. The highest BCUT2D eigenvalue weighted by Crippen LogP contribution is 2.28. The molecule has 0 unspecified atom stereocenters. The third-order valence-electron chi connectivity index (χ3n) is 3.62. The monoisotopic (exact) mass is 396 g/mol. The molecule has 0 aliphatic carbocycles. The normalized spacial score (nSPS) is 11.7. The Bertz CT molecular complexity index is 931. The number of aromatic nitrogens is 1. The molecule has 0 radical (unpaired) electrons. The maximum atomic E-state index is 12.3. The summed E-state index contributed by atoms with van der Waals surface area (Å²) in [5, 5.41) is 1.89. The van der Waals surface area contributed by atoms with Gasteiger partial charge in [0.15, 0.2) is 0 Å². The highest BCUT2D eigenvalue weighted by atomic mass is 79.9. The molecule has 1 aromatic carbocycles. The molecule has 0 saturated carbocycles. The fourth-order valence-electron chi connectivity index (χ4n) is 2.42. The van der Waals surface area contributed by atoms with E-state index < -0.39 is 12.1 Å². The van der Waals surface area contributed by atoms with Crippen molar-refractivity contribution in [1.82, 2.24) is 4.40 Å². The summed E-state index contributed by atoms with van der Waals surface area (Å²) in [6, 6.07) is 10.8. The second-order valence-corrected chi connectivity index (χ2v) is 6.31. The molecule has 0 aliphatic rings. The Kier molecular flexibility index (Phi) is 4.13. The summed E-state index contributed by atoms with van der Waals surface area (Å²) in [4.78, 5) is 11.0. The van der Waals surface area contributed by atoms with Gasteiger partial charge in [-0.25, -0.2) is 0 Å². The first-order valence-electron chi connectivity index (χ1n) is 7.00. The number of rotatable bonds is 2. The van der Waals surface area contributed by atoms with Crippen LogP contribution in [0.2, 0.25) is 0 Å². The van der Waals surface area contributed by atoms with Crippen molar-refractivity contribution in [1.29, 1.82) is 0 Å². The van der Waals surface area contributed by atoms with E-state index in [1.54, 1.807) is 19.1 Å². The Morgan fingerprint density at radius 2 is 1.83 bits per heavy atom. The topological polar surface area (TPSA) is 33.5 Å². The molecule has 2 aromatic heterocycles. The van der Waals surface area contributed by atoms with Crippen LogP contribution in [0.15, 0.2) is 53.3 Å². The van der Waals surface area contributed by atoms with Crippen LogP contribution in [-0.2, 0) is 4.79 Å². The van der Waals surface area contributed by atoms with Crippen molar-refractivity contribution in [2.24, 2.45) is 0 Å². The molecule has 3 aromatic rings. The van der Waals surface area contributed by atoms with E-state index in [4.69, 9.17) is 0 Å². The van der Waals surface area contributed by atoms with Gasteiger partial charge in [0.25, 0.3) is 0 Å². The Labute approximate surface area is 144 Å². The number of halogens is 4. The highest BCUT2D eigenvalue weighted by molar-refractivity contribution is 9.10. The van der Waals surface area contributed by atoms with Gasteiger partial charge >= 0.3 is 12.1 Å². The summed E-state index contributed by atoms with van der Waals surface area (Å²) >= 11 is 3.40. The van der Waals surface area contributed by atoms with E-state index in [0.717, 1.165) is 21.1 Å². The summed E-state index contributed by atoms with van der Waals surface area (Å²) in [5.74, 6) is -1.97. The summed E-state index contributed by atoms with van der Waals surface area (Å²) in [6.07, 6.45) is -1.05. The molecule has 0 saturated heterocycles. The SMILES string of the molecule is Cc1cc(-c2cc3ccc(Br)cn3c2)ccc1NC(=O)C(F)(F)F. The van der Waals surface area contributed by atoms with Crippen molar-refractivity contribution in [3.8, 4) is 11.1 Å². The van der Waals surface area contributed by atoms with Crippen LogP contribution in [0.5, 0.6) is 0 Å². The zero-order valence-electron chi connectivity index (χ0n) is 12.5. The van der Waals surface area contributed by atoms with Gasteiger partial charge in [0, 0.05) is 33.6 Å². The number of aryl methyl sites for hydroxylation is 1. The predicted molar refractivity (Wildman–Crippen MR) is 90.0 cm³/mol. The van der Waals surface area contributed by atoms with Crippen LogP contribution in [0.4, 0.5) is 18.9 Å². The zero-order chi connectivity index (χ0) is 17.5. The Morgan fingerprint density at radius 1 is 1.08 bits per heavy atom. The number of benzene rings is 1. The van der Waals surface area contributed by atoms with E-state index in [-0.39, 0.29) is 5.69 Å². The summed E-state index contributed by atoms with van der Waals surface area (Å²) in [6.45, 7) is 1.65. The predicted octanol–water partition coefficient (Wildman–Crippen LogP) is 5.18. The largest absolute Gasteiger partial charge is 0.471 e. The lowest BCUT2D eigenvalue weighted by atomic mass is 10.0. The number of nitrogens with one attached hydrogen (secondary N) is 1. The van der Waals surface area contributed by atoms with Gasteiger partial charge in [0.2, 0.25) is 0 Å². The van der Waals surface area contributed by atoms with Crippen LogP contribution in [0.25, 0.3) is 16.6 Å². The average Bonchev–Trinajstić information content (AvgIpc) is 2.91. The first-order chi connectivity index (χ1) is 11.2. The summed E-state index contributed by atoms with van der Waals surface area (Å²) in [5.41, 5.74) is 3.50. The van der Waals surface area contributed by atoms with Gasteiger partial charge in [-0.05, 0) is 64.3 Å². The lowest BCUT2D eigenvalue weighted by Gasteiger charge is -2.11. The number of hydrogen-bond acceptors (Lipinski definition) is 1. The van der Waals surface area contributed by atoms with Crippen LogP contribution < -0.4 is 5.32 Å². The Hall–Kier alpha value is -2.28. The second kappa shape index (κ2) is 5.98. The van der Waals surface area contributed by atoms with E-state index in [9.17, 15) is 18.0 Å². The van der Waals surface area contributed by atoms with E-state index >= 15 is 0 Å². The number of fused-ring (bicyclic) bond motifs is 1. The third kappa shape index (κ3) is 3.31. The molecule has 0 bridgehead atoms. The van der Waals surface area contributed by atoms with Gasteiger partial charge < -0.3 is 9.72 Å². The lowest BCUT2D eigenvalue weighted by Crippen LogP contribution is -2.30. The number of hydrogen-bond donors (Lipinski definition) is 1. The average molecular weight is 397 g/mol. The quantitative estimate of drug-likeness (QED) is 0.636. The smallest absolute Gasteiger partial charge is 0.322 e. The van der Waals surface area contributed by atoms with E-state index in [1.165, 1.54) is 6.07 Å². The third-order valence-corrected chi connectivity index (χ3v) is 4.09. The number of pyridine rings is 1. The molecule has 0 spiro atoms. The van der Waals surface area contributed by atoms with Gasteiger partial charge in [-0.1, -0.05) is 6.07 Å². The fraction of sp³-hybridized carbons (Fsp3) is 0.118. The summed E-state index contributed by atoms with van der Waals surface area (Å²) < 4.78 is 39.9. The van der Waals surface area contributed by atoms with E-state index in [2.05, 4.69) is 15.9 Å². The molecule has 0 aliphatic heterocycles. The van der Waals surface area contributed by atoms with Gasteiger partial charge in [-0.15, -0.1) is 0 Å².